The van der Waals surface area contributed by atoms with Gasteiger partial charge in [-0.2, -0.15) is 0 Å². The van der Waals surface area contributed by atoms with Gasteiger partial charge >= 0.3 is 11.9 Å². The molecule has 0 aliphatic heterocycles. The first-order chi connectivity index (χ1) is 19.6. The van der Waals surface area contributed by atoms with Crippen LogP contribution in [0.4, 0.5) is 0 Å². The number of unbranched alkanes of at least 4 members (excludes halogenated alkanes) is 12. The molecule has 0 heterocycles. The molecule has 0 aromatic heterocycles. The summed E-state index contributed by atoms with van der Waals surface area (Å²) in [5.74, 6) is -1.00. The summed E-state index contributed by atoms with van der Waals surface area (Å²) in [6.07, 6.45) is 32.4. The van der Waals surface area contributed by atoms with E-state index in [0.717, 1.165) is 69.8 Å². The van der Waals surface area contributed by atoms with E-state index in [0.29, 0.717) is 6.42 Å². The van der Waals surface area contributed by atoms with Gasteiger partial charge in [-0.1, -0.05) is 108 Å². The zero-order valence-electron chi connectivity index (χ0n) is 26.3. The molecular weight excluding hydrogens is 500 g/mol. The van der Waals surface area contributed by atoms with Crippen molar-refractivity contribution in [3.8, 4) is 0 Å². The van der Waals surface area contributed by atoms with Crippen molar-refractivity contribution >= 4 is 11.9 Å². The first-order valence-electron chi connectivity index (χ1n) is 16.5. The Kier molecular flexibility index (Phi) is 28.7. The number of hydrogen-bond acceptors (Lipinski definition) is 5. The molecule has 0 amide bonds. The maximum atomic E-state index is 12.3. The molecule has 0 fully saturated rings. The topological polar surface area (TPSA) is 72.8 Å². The molecule has 0 aliphatic carbocycles. The predicted octanol–water partition coefficient (Wildman–Crippen LogP) is 9.58. The second kappa shape index (κ2) is 30.1. The van der Waals surface area contributed by atoms with E-state index in [1.165, 1.54) is 57.8 Å². The first kappa shape index (κ1) is 38.1. The number of esters is 2. The van der Waals surface area contributed by atoms with E-state index < -0.39 is 5.92 Å². The summed E-state index contributed by atoms with van der Waals surface area (Å²) in [7, 11) is 0. The smallest absolute Gasteiger partial charge is 0.330 e. The maximum absolute atomic E-state index is 12.3. The van der Waals surface area contributed by atoms with Crippen LogP contribution >= 0.6 is 0 Å². The van der Waals surface area contributed by atoms with Crippen LogP contribution in [-0.2, 0) is 19.1 Å². The van der Waals surface area contributed by atoms with Gasteiger partial charge in [0.1, 0.15) is 0 Å². The Morgan fingerprint density at radius 2 is 1.15 bits per heavy atom. The Labute approximate surface area is 246 Å². The summed E-state index contributed by atoms with van der Waals surface area (Å²) < 4.78 is 10.7. The van der Waals surface area contributed by atoms with Crippen LogP contribution in [0.25, 0.3) is 0 Å². The van der Waals surface area contributed by atoms with Crippen LogP contribution < -0.4 is 0 Å². The number of rotatable bonds is 28. The van der Waals surface area contributed by atoms with Crippen molar-refractivity contribution in [1.82, 2.24) is 0 Å². The van der Waals surface area contributed by atoms with Crippen molar-refractivity contribution in [2.45, 2.75) is 149 Å². The average molecular weight is 563 g/mol. The molecule has 0 aromatic carbocycles. The number of hydrogen-bond donors (Lipinski definition) is 1. The van der Waals surface area contributed by atoms with Crippen molar-refractivity contribution in [1.29, 1.82) is 0 Å². The van der Waals surface area contributed by atoms with Crippen molar-refractivity contribution in [3.05, 3.63) is 36.0 Å². The quantitative estimate of drug-likeness (QED) is 0.0445. The van der Waals surface area contributed by atoms with Crippen molar-refractivity contribution in [2.24, 2.45) is 5.92 Å². The van der Waals surface area contributed by atoms with Gasteiger partial charge in [-0.25, -0.2) is 4.79 Å². The Bertz CT molecular complexity index is 679. The van der Waals surface area contributed by atoms with Crippen molar-refractivity contribution in [2.75, 3.05) is 19.8 Å². The zero-order chi connectivity index (χ0) is 29.5. The normalized spacial score (nSPS) is 12.8. The molecule has 1 atom stereocenters. The van der Waals surface area contributed by atoms with Crippen molar-refractivity contribution in [3.63, 3.8) is 0 Å². The van der Waals surface area contributed by atoms with Crippen LogP contribution in [0.1, 0.15) is 149 Å². The molecule has 0 saturated carbocycles. The van der Waals surface area contributed by atoms with E-state index in [-0.39, 0.29) is 31.8 Å². The van der Waals surface area contributed by atoms with Gasteiger partial charge in [0.25, 0.3) is 0 Å². The van der Waals surface area contributed by atoms with Gasteiger partial charge in [-0.3, -0.25) is 4.79 Å². The standard InChI is InChI=1S/C35H62O5/c1-4-7-10-12-13-14-15-16-17-18-19-20-21-22-24-27-34(37)39-30-33(29-36)31-40-35(38)28-32(25-9-6-3)26-23-11-8-5-2/h13-14,16-17,28,33,36H,4-12,15,18-27,29-31H2,1-3H3/b14-13-,17-16-,32-28-. The Morgan fingerprint density at radius 1 is 0.625 bits per heavy atom. The maximum Gasteiger partial charge on any atom is 0.330 e. The lowest BCUT2D eigenvalue weighted by Gasteiger charge is -2.14. The number of allylic oxidation sites excluding steroid dienone is 5. The molecule has 40 heavy (non-hydrogen) atoms. The molecule has 232 valence electrons. The highest BCUT2D eigenvalue weighted by Gasteiger charge is 2.14. The monoisotopic (exact) mass is 562 g/mol. The molecule has 0 bridgehead atoms. The molecule has 1 N–H and O–H groups in total. The third-order valence-electron chi connectivity index (χ3n) is 7.06. The number of ether oxygens (including phenoxy) is 2. The Hall–Kier alpha value is -1.88. The summed E-state index contributed by atoms with van der Waals surface area (Å²) in [6.45, 7) is 6.52. The largest absolute Gasteiger partial charge is 0.465 e. The zero-order valence-corrected chi connectivity index (χ0v) is 26.3. The SMILES string of the molecule is CCCCC/C=C\C/C=C\CCCCCCCC(=O)OCC(CO)COC(=O)/C=C(/CCCC)CCCCCC. The fourth-order valence-corrected chi connectivity index (χ4v) is 4.38. The molecule has 0 spiro atoms. The molecule has 5 nitrogen and oxygen atoms in total. The van der Waals surface area contributed by atoms with Crippen LogP contribution in [0.2, 0.25) is 0 Å². The lowest BCUT2D eigenvalue weighted by Crippen LogP contribution is -2.23. The van der Waals surface area contributed by atoms with E-state index in [2.05, 4.69) is 45.1 Å². The highest BCUT2D eigenvalue weighted by molar-refractivity contribution is 5.82. The van der Waals surface area contributed by atoms with Gasteiger partial charge in [-0.05, 0) is 64.2 Å². The Balaban J connectivity index is 3.96. The summed E-state index contributed by atoms with van der Waals surface area (Å²) in [6, 6.07) is 0. The number of aliphatic hydroxyl groups is 1. The van der Waals surface area contributed by atoms with Gasteiger partial charge in [-0.15, -0.1) is 0 Å². The molecule has 0 aromatic rings. The van der Waals surface area contributed by atoms with Gasteiger partial charge in [0.2, 0.25) is 0 Å². The number of aliphatic hydroxyl groups excluding tert-OH is 1. The first-order valence-corrected chi connectivity index (χ1v) is 16.5. The molecular formula is C35H62O5. The van der Waals surface area contributed by atoms with Gasteiger partial charge < -0.3 is 14.6 Å². The average Bonchev–Trinajstić information content (AvgIpc) is 2.95. The second-order valence-corrected chi connectivity index (χ2v) is 11.1. The number of carbonyl (C=O) groups is 2. The summed E-state index contributed by atoms with van der Waals surface area (Å²) in [5.41, 5.74) is 1.15. The molecule has 5 heteroatoms. The fourth-order valence-electron chi connectivity index (χ4n) is 4.38. The van der Waals surface area contributed by atoms with Gasteiger partial charge in [0, 0.05) is 12.5 Å². The highest BCUT2D eigenvalue weighted by atomic mass is 16.5. The van der Waals surface area contributed by atoms with E-state index in [4.69, 9.17) is 9.47 Å². The summed E-state index contributed by atoms with van der Waals surface area (Å²) >= 11 is 0. The van der Waals surface area contributed by atoms with Crippen LogP contribution in [0.5, 0.6) is 0 Å². The molecule has 0 radical (unpaired) electrons. The molecule has 0 rings (SSSR count). The third-order valence-corrected chi connectivity index (χ3v) is 7.06. The fraction of sp³-hybridized carbons (Fsp3) is 0.771. The minimum Gasteiger partial charge on any atom is -0.465 e. The van der Waals surface area contributed by atoms with E-state index in [1.807, 2.05) is 0 Å². The summed E-state index contributed by atoms with van der Waals surface area (Å²) in [5, 5.41) is 9.63. The van der Waals surface area contributed by atoms with Crippen LogP contribution in [0.3, 0.4) is 0 Å². The lowest BCUT2D eigenvalue weighted by molar-refractivity contribution is -0.147. The summed E-state index contributed by atoms with van der Waals surface area (Å²) in [4.78, 5) is 24.4. The van der Waals surface area contributed by atoms with Gasteiger partial charge in [0.15, 0.2) is 0 Å². The van der Waals surface area contributed by atoms with E-state index >= 15 is 0 Å². The van der Waals surface area contributed by atoms with Crippen LogP contribution in [0, 0.1) is 5.92 Å². The van der Waals surface area contributed by atoms with E-state index in [1.54, 1.807) is 6.08 Å². The number of carbonyl (C=O) groups excluding carboxylic acids is 2. The second-order valence-electron chi connectivity index (χ2n) is 11.1. The lowest BCUT2D eigenvalue weighted by atomic mass is 10.0. The third kappa shape index (κ3) is 26.3. The highest BCUT2D eigenvalue weighted by Crippen LogP contribution is 2.17. The molecule has 0 saturated heterocycles. The van der Waals surface area contributed by atoms with Gasteiger partial charge in [0.05, 0.1) is 25.7 Å². The van der Waals surface area contributed by atoms with Crippen molar-refractivity contribution < 1.29 is 24.2 Å². The van der Waals surface area contributed by atoms with Crippen LogP contribution in [-0.4, -0.2) is 36.9 Å². The molecule has 1 unspecified atom stereocenters. The minimum absolute atomic E-state index is 0.0553. The predicted molar refractivity (Wildman–Crippen MR) is 168 cm³/mol. The minimum atomic E-state index is -0.394. The van der Waals surface area contributed by atoms with E-state index in [9.17, 15) is 14.7 Å². The molecule has 0 aliphatic rings. The van der Waals surface area contributed by atoms with Crippen LogP contribution in [0.15, 0.2) is 36.0 Å². The Morgan fingerprint density at radius 3 is 1.82 bits per heavy atom.